The van der Waals surface area contributed by atoms with Crippen molar-refractivity contribution in [3.63, 3.8) is 0 Å². The van der Waals surface area contributed by atoms with Gasteiger partial charge in [0.15, 0.2) is 0 Å². The van der Waals surface area contributed by atoms with Crippen molar-refractivity contribution in [1.29, 1.82) is 0 Å². The quantitative estimate of drug-likeness (QED) is 0.227. The molecule has 4 rings (SSSR count). The Morgan fingerprint density at radius 3 is 2.38 bits per heavy atom. The van der Waals surface area contributed by atoms with Gasteiger partial charge in [0.1, 0.15) is 6.10 Å². The number of rotatable bonds is 9. The standard InChI is InChI=1S/C36H55NO3SSi/c1-12-41(9)39-23-25-17-19-27(20-18-25)34(38)32-30(26-15-13-14-16-26)31-28(37-33(32)24(2)3)21-36(7,8)22-29(31)40-42(10,11)35(4,5)6/h12,15,17-20,24,29,34,38H,13-14,16,21-23H2,1-11H3/q-1/t29-,34+,41?/m0/s1. The van der Waals surface area contributed by atoms with Crippen LogP contribution in [-0.4, -0.2) is 30.0 Å². The van der Waals surface area contributed by atoms with E-state index in [-0.39, 0.29) is 33.2 Å². The van der Waals surface area contributed by atoms with Crippen LogP contribution in [0.15, 0.2) is 30.3 Å². The number of pyridine rings is 1. The van der Waals surface area contributed by atoms with E-state index in [9.17, 15) is 5.11 Å². The molecular formula is C36H55NO3SSi-. The van der Waals surface area contributed by atoms with Gasteiger partial charge in [-0.25, -0.2) is 0 Å². The summed E-state index contributed by atoms with van der Waals surface area (Å²) in [4.78, 5) is 5.43. The van der Waals surface area contributed by atoms with Crippen molar-refractivity contribution in [2.75, 3.05) is 6.26 Å². The molecule has 2 aliphatic carbocycles. The molecule has 0 saturated carbocycles. The second kappa shape index (κ2) is 12.8. The largest absolute Gasteiger partial charge is 0.559 e. The van der Waals surface area contributed by atoms with Crippen molar-refractivity contribution >= 4 is 30.0 Å². The molecule has 0 bridgehead atoms. The third-order valence-corrected chi connectivity index (χ3v) is 15.2. The summed E-state index contributed by atoms with van der Waals surface area (Å²) in [6.45, 7) is 23.4. The maximum atomic E-state index is 12.2. The van der Waals surface area contributed by atoms with Crippen LogP contribution in [0.2, 0.25) is 18.1 Å². The van der Waals surface area contributed by atoms with Gasteiger partial charge in [0.2, 0.25) is 0 Å². The fourth-order valence-electron chi connectivity index (χ4n) is 6.08. The Balaban J connectivity index is 1.90. The summed E-state index contributed by atoms with van der Waals surface area (Å²) in [5, 5.41) is 14.4. The second-order valence-electron chi connectivity index (χ2n) is 15.0. The van der Waals surface area contributed by atoms with Crippen molar-refractivity contribution in [2.45, 2.75) is 130 Å². The van der Waals surface area contributed by atoms with Gasteiger partial charge in [-0.05, 0) is 86.3 Å². The van der Waals surface area contributed by atoms with E-state index in [4.69, 9.17) is 13.6 Å². The number of hydrogen-bond donors (Lipinski definition) is 1. The van der Waals surface area contributed by atoms with Gasteiger partial charge in [-0.2, -0.15) is 0 Å². The van der Waals surface area contributed by atoms with Gasteiger partial charge in [-0.1, -0.05) is 89.6 Å². The van der Waals surface area contributed by atoms with E-state index < -0.39 is 14.4 Å². The van der Waals surface area contributed by atoms with Gasteiger partial charge in [-0.3, -0.25) is 4.98 Å². The first-order valence-electron chi connectivity index (χ1n) is 15.8. The topological polar surface area (TPSA) is 51.6 Å². The number of allylic oxidation sites excluding steroid dienone is 2. The van der Waals surface area contributed by atoms with E-state index in [1.807, 2.05) is 6.92 Å². The van der Waals surface area contributed by atoms with Gasteiger partial charge in [0, 0.05) is 34.9 Å². The molecular weight excluding hydrogens is 555 g/mol. The van der Waals surface area contributed by atoms with Crippen molar-refractivity contribution in [2.24, 2.45) is 5.41 Å². The zero-order chi connectivity index (χ0) is 31.0. The molecule has 1 heterocycles. The Bertz CT molecular complexity index is 1330. The minimum absolute atomic E-state index is 0.0291. The van der Waals surface area contributed by atoms with Crippen molar-refractivity contribution in [3.8, 4) is 0 Å². The Labute approximate surface area is 259 Å². The van der Waals surface area contributed by atoms with E-state index in [1.54, 1.807) is 0 Å². The van der Waals surface area contributed by atoms with Gasteiger partial charge in [-0.15, -0.1) is 18.1 Å². The van der Waals surface area contributed by atoms with Crippen LogP contribution in [0.5, 0.6) is 0 Å². The fraction of sp³-hybridized carbons (Fsp3) is 0.611. The molecule has 2 aliphatic rings. The summed E-state index contributed by atoms with van der Waals surface area (Å²) in [6, 6.07) is 8.31. The number of aliphatic hydroxyl groups is 1. The molecule has 0 spiro atoms. The Morgan fingerprint density at radius 1 is 1.17 bits per heavy atom. The Morgan fingerprint density at radius 2 is 1.83 bits per heavy atom. The maximum absolute atomic E-state index is 12.2. The average Bonchev–Trinajstić information content (AvgIpc) is 3.43. The Hall–Kier alpha value is -1.57. The number of aliphatic hydroxyl groups excluding tert-OH is 1. The van der Waals surface area contributed by atoms with Crippen LogP contribution >= 0.6 is 10.8 Å². The second-order valence-corrected chi connectivity index (χ2v) is 21.4. The molecule has 2 aromatic rings. The van der Waals surface area contributed by atoms with Crippen LogP contribution < -0.4 is 0 Å². The number of hydrogen-bond acceptors (Lipinski definition) is 4. The van der Waals surface area contributed by atoms with Gasteiger partial charge in [0.05, 0.1) is 6.61 Å². The number of fused-ring (bicyclic) bond motifs is 1. The molecule has 0 amide bonds. The lowest BCUT2D eigenvalue weighted by Crippen LogP contribution is -2.44. The number of aromatic nitrogens is 1. The highest BCUT2D eigenvalue weighted by molar-refractivity contribution is 8.10. The van der Waals surface area contributed by atoms with Crippen LogP contribution in [-0.2, 0) is 21.6 Å². The normalized spacial score (nSPS) is 20.5. The molecule has 1 N–H and O–H groups in total. The van der Waals surface area contributed by atoms with Crippen LogP contribution in [0.3, 0.4) is 0 Å². The average molecular weight is 610 g/mol. The summed E-state index contributed by atoms with van der Waals surface area (Å²) < 4.78 is 13.2. The summed E-state index contributed by atoms with van der Waals surface area (Å²) in [6.07, 6.45) is 8.87. The van der Waals surface area contributed by atoms with Crippen LogP contribution in [0.4, 0.5) is 0 Å². The summed E-state index contributed by atoms with van der Waals surface area (Å²) >= 11 is 0. The molecule has 233 valence electrons. The molecule has 0 aliphatic heterocycles. The highest BCUT2D eigenvalue weighted by atomic mass is 32.2. The lowest BCUT2D eigenvalue weighted by atomic mass is 9.71. The van der Waals surface area contributed by atoms with E-state index in [2.05, 4.69) is 104 Å². The number of benzene rings is 1. The molecule has 4 nitrogen and oxygen atoms in total. The van der Waals surface area contributed by atoms with Gasteiger partial charge in [0.25, 0.3) is 0 Å². The van der Waals surface area contributed by atoms with Crippen molar-refractivity contribution < 1.29 is 13.7 Å². The predicted octanol–water partition coefficient (Wildman–Crippen LogP) is 10.0. The monoisotopic (exact) mass is 609 g/mol. The molecule has 0 radical (unpaired) electrons. The van der Waals surface area contributed by atoms with E-state index in [1.165, 1.54) is 22.4 Å². The highest BCUT2D eigenvalue weighted by Gasteiger charge is 2.40. The summed E-state index contributed by atoms with van der Waals surface area (Å²) in [5.74, 6) is 0.186. The molecule has 3 atom stereocenters. The molecule has 0 saturated heterocycles. The van der Waals surface area contributed by atoms with Crippen molar-refractivity contribution in [3.05, 3.63) is 69.5 Å². The first-order valence-corrected chi connectivity index (χ1v) is 20.4. The minimum atomic E-state index is -2.08. The lowest BCUT2D eigenvalue weighted by molar-refractivity contribution is 0.105. The third-order valence-electron chi connectivity index (χ3n) is 9.55. The highest BCUT2D eigenvalue weighted by Crippen LogP contribution is 2.52. The fourth-order valence-corrected chi connectivity index (χ4v) is 7.80. The molecule has 0 fully saturated rings. The molecule has 1 aromatic heterocycles. The smallest absolute Gasteiger partial charge is 0.106 e. The van der Waals surface area contributed by atoms with Gasteiger partial charge < -0.3 is 13.7 Å². The van der Waals surface area contributed by atoms with E-state index in [0.717, 1.165) is 54.5 Å². The third kappa shape index (κ3) is 7.21. The van der Waals surface area contributed by atoms with Gasteiger partial charge >= 0.3 is 0 Å². The van der Waals surface area contributed by atoms with Crippen LogP contribution in [0.25, 0.3) is 5.57 Å². The first-order chi connectivity index (χ1) is 19.5. The zero-order valence-electron chi connectivity index (χ0n) is 28.1. The Kier molecular flexibility index (Phi) is 10.2. The summed E-state index contributed by atoms with van der Waals surface area (Å²) in [7, 11) is -2.23. The molecule has 1 aromatic carbocycles. The molecule has 1 unspecified atom stereocenters. The lowest BCUT2D eigenvalue weighted by Gasteiger charge is -2.53. The van der Waals surface area contributed by atoms with E-state index in [0.29, 0.717) is 6.61 Å². The van der Waals surface area contributed by atoms with Crippen LogP contribution in [0.1, 0.15) is 138 Å². The maximum Gasteiger partial charge on any atom is 0.106 e. The molecule has 42 heavy (non-hydrogen) atoms. The van der Waals surface area contributed by atoms with Crippen LogP contribution in [0, 0.1) is 5.41 Å². The van der Waals surface area contributed by atoms with E-state index >= 15 is 0 Å². The summed E-state index contributed by atoms with van der Waals surface area (Å²) in [5.41, 5.74) is 9.14. The number of nitrogens with zero attached hydrogens (tertiary/aromatic N) is 1. The van der Waals surface area contributed by atoms with Crippen molar-refractivity contribution in [1.82, 2.24) is 4.98 Å². The minimum Gasteiger partial charge on any atom is -0.559 e. The SMILES string of the molecule is C/C=S(\C)OCc1ccc([C@@H](O)c2c(C(C)C)nc3c(c2C2=CCCC2)[C@@H](O[Si-](C)(C)C(C)(C)C)CC(C)(C)C3)cc1. The zero-order valence-corrected chi connectivity index (χ0v) is 29.9. The predicted molar refractivity (Wildman–Crippen MR) is 184 cm³/mol. The first kappa shape index (κ1) is 33.3. The molecule has 6 heteroatoms.